The molecule has 2 heterocycles. The number of nitrogens with one attached hydrogen (secondary N) is 1. The number of ether oxygens (including phenoxy) is 2. The summed E-state index contributed by atoms with van der Waals surface area (Å²) in [6.07, 6.45) is 0.663. The monoisotopic (exact) mass is 373 g/mol. The fraction of sp³-hybridized carbons (Fsp3) is 0.333. The molecule has 26 heavy (non-hydrogen) atoms. The van der Waals surface area contributed by atoms with Gasteiger partial charge in [0.05, 0.1) is 17.0 Å². The maximum atomic E-state index is 12.3. The number of Topliss-reactive ketones (excluding diaryl/α,β-unsaturated/α-hetero) is 1. The summed E-state index contributed by atoms with van der Waals surface area (Å²) in [5.41, 5.74) is 1.74. The zero-order chi connectivity index (χ0) is 18.7. The number of aryl methyl sites for hydroxylation is 2. The SMILES string of the molecule is CCc1nc(C)c(C(C)=O)c(SCC(=O)Nc2ccc3c(c2)OCO3)n1. The standard InChI is InChI=1S/C18H19N3O4S/c1-4-15-19-10(2)17(11(3)22)18(21-15)26-8-16(23)20-12-5-6-13-14(7-12)25-9-24-13/h5-7H,4,8-9H2,1-3H3,(H,20,23). The lowest BCUT2D eigenvalue weighted by atomic mass is 10.2. The number of aromatic nitrogens is 2. The van der Waals surface area contributed by atoms with Crippen LogP contribution in [-0.4, -0.2) is 34.2 Å². The van der Waals surface area contributed by atoms with Crippen molar-refractivity contribution in [1.82, 2.24) is 9.97 Å². The van der Waals surface area contributed by atoms with Gasteiger partial charge in [-0.1, -0.05) is 18.7 Å². The summed E-state index contributed by atoms with van der Waals surface area (Å²) in [5.74, 6) is 1.75. The van der Waals surface area contributed by atoms with Crippen molar-refractivity contribution >= 4 is 29.1 Å². The molecule has 0 spiro atoms. The number of anilines is 1. The van der Waals surface area contributed by atoms with Gasteiger partial charge in [-0.05, 0) is 26.0 Å². The highest BCUT2D eigenvalue weighted by atomic mass is 32.2. The van der Waals surface area contributed by atoms with Crippen LogP contribution in [0.1, 0.15) is 35.7 Å². The first-order chi connectivity index (χ1) is 12.5. The van der Waals surface area contributed by atoms with Gasteiger partial charge in [-0.2, -0.15) is 0 Å². The molecular weight excluding hydrogens is 354 g/mol. The van der Waals surface area contributed by atoms with E-state index in [9.17, 15) is 9.59 Å². The van der Waals surface area contributed by atoms with Crippen LogP contribution in [0.15, 0.2) is 23.2 Å². The molecule has 3 rings (SSSR count). The molecule has 1 aliphatic rings. The maximum absolute atomic E-state index is 12.3. The molecule has 0 saturated carbocycles. The number of rotatable bonds is 6. The van der Waals surface area contributed by atoms with Crippen molar-refractivity contribution in [2.75, 3.05) is 17.9 Å². The van der Waals surface area contributed by atoms with E-state index in [4.69, 9.17) is 9.47 Å². The van der Waals surface area contributed by atoms with Crippen molar-refractivity contribution in [2.45, 2.75) is 32.2 Å². The van der Waals surface area contributed by atoms with Crippen molar-refractivity contribution in [2.24, 2.45) is 0 Å². The Morgan fingerprint density at radius 2 is 2.00 bits per heavy atom. The van der Waals surface area contributed by atoms with Gasteiger partial charge in [0.15, 0.2) is 17.3 Å². The van der Waals surface area contributed by atoms with E-state index in [-0.39, 0.29) is 24.2 Å². The zero-order valence-corrected chi connectivity index (χ0v) is 15.6. The number of amides is 1. The summed E-state index contributed by atoms with van der Waals surface area (Å²) in [5, 5.41) is 3.35. The van der Waals surface area contributed by atoms with Crippen molar-refractivity contribution in [1.29, 1.82) is 0 Å². The Kier molecular flexibility index (Phi) is 5.41. The Morgan fingerprint density at radius 1 is 1.23 bits per heavy atom. The summed E-state index contributed by atoms with van der Waals surface area (Å²) in [6.45, 7) is 5.40. The Morgan fingerprint density at radius 3 is 2.73 bits per heavy atom. The molecule has 0 atom stereocenters. The molecule has 0 unspecified atom stereocenters. The summed E-state index contributed by atoms with van der Waals surface area (Å²) in [6, 6.07) is 5.22. The molecule has 2 aromatic rings. The number of carbonyl (C=O) groups excluding carboxylic acids is 2. The van der Waals surface area contributed by atoms with Crippen molar-refractivity contribution < 1.29 is 19.1 Å². The van der Waals surface area contributed by atoms with Crippen LogP contribution in [0.5, 0.6) is 11.5 Å². The fourth-order valence-electron chi connectivity index (χ4n) is 2.58. The number of thioether (sulfide) groups is 1. The van der Waals surface area contributed by atoms with Crippen LogP contribution in [0, 0.1) is 6.92 Å². The van der Waals surface area contributed by atoms with Crippen LogP contribution in [0.2, 0.25) is 0 Å². The predicted octanol–water partition coefficient (Wildman–Crippen LogP) is 3.01. The minimum absolute atomic E-state index is 0.108. The van der Waals surface area contributed by atoms with E-state index in [0.29, 0.717) is 45.7 Å². The van der Waals surface area contributed by atoms with E-state index in [0.717, 1.165) is 0 Å². The van der Waals surface area contributed by atoms with Gasteiger partial charge in [0.2, 0.25) is 12.7 Å². The average Bonchev–Trinajstić information content (AvgIpc) is 3.06. The second-order valence-corrected chi connectivity index (χ2v) is 6.68. The molecule has 1 aromatic heterocycles. The molecule has 7 nitrogen and oxygen atoms in total. The van der Waals surface area contributed by atoms with Crippen molar-refractivity contribution in [3.05, 3.63) is 35.3 Å². The van der Waals surface area contributed by atoms with Crippen LogP contribution in [0.4, 0.5) is 5.69 Å². The number of nitrogens with zero attached hydrogens (tertiary/aromatic N) is 2. The molecule has 1 N–H and O–H groups in total. The molecule has 1 aliphatic heterocycles. The van der Waals surface area contributed by atoms with E-state index in [1.807, 2.05) is 6.92 Å². The first-order valence-electron chi connectivity index (χ1n) is 8.18. The predicted molar refractivity (Wildman–Crippen MR) is 98.1 cm³/mol. The lowest BCUT2D eigenvalue weighted by Gasteiger charge is -2.11. The topological polar surface area (TPSA) is 90.4 Å². The summed E-state index contributed by atoms with van der Waals surface area (Å²) < 4.78 is 10.5. The van der Waals surface area contributed by atoms with Gasteiger partial charge in [-0.15, -0.1) is 0 Å². The van der Waals surface area contributed by atoms with Gasteiger partial charge >= 0.3 is 0 Å². The second kappa shape index (κ2) is 7.74. The van der Waals surface area contributed by atoms with Crippen LogP contribution < -0.4 is 14.8 Å². The smallest absolute Gasteiger partial charge is 0.234 e. The number of benzene rings is 1. The first kappa shape index (κ1) is 18.2. The average molecular weight is 373 g/mol. The third kappa shape index (κ3) is 3.96. The second-order valence-electron chi connectivity index (χ2n) is 5.72. The minimum Gasteiger partial charge on any atom is -0.454 e. The molecule has 0 saturated heterocycles. The summed E-state index contributed by atoms with van der Waals surface area (Å²) >= 11 is 1.23. The number of carbonyl (C=O) groups is 2. The normalized spacial score (nSPS) is 12.1. The zero-order valence-electron chi connectivity index (χ0n) is 14.8. The summed E-state index contributed by atoms with van der Waals surface area (Å²) in [4.78, 5) is 32.9. The number of hydrogen-bond donors (Lipinski definition) is 1. The molecule has 0 aliphatic carbocycles. The third-order valence-electron chi connectivity index (χ3n) is 3.77. The maximum Gasteiger partial charge on any atom is 0.234 e. The van der Waals surface area contributed by atoms with Gasteiger partial charge < -0.3 is 14.8 Å². The minimum atomic E-state index is -0.197. The third-order valence-corrected chi connectivity index (χ3v) is 4.74. The number of fused-ring (bicyclic) bond motifs is 1. The lowest BCUT2D eigenvalue weighted by molar-refractivity contribution is -0.113. The van der Waals surface area contributed by atoms with Crippen molar-refractivity contribution in [3.8, 4) is 11.5 Å². The quantitative estimate of drug-likeness (QED) is 0.473. The Bertz CT molecular complexity index is 870. The highest BCUT2D eigenvalue weighted by Gasteiger charge is 2.18. The Balaban J connectivity index is 1.69. The van der Waals surface area contributed by atoms with E-state index < -0.39 is 0 Å². The Labute approximate surface area is 155 Å². The van der Waals surface area contributed by atoms with E-state index in [2.05, 4.69) is 15.3 Å². The lowest BCUT2D eigenvalue weighted by Crippen LogP contribution is -2.15. The summed E-state index contributed by atoms with van der Waals surface area (Å²) in [7, 11) is 0. The van der Waals surface area contributed by atoms with E-state index in [1.54, 1.807) is 25.1 Å². The largest absolute Gasteiger partial charge is 0.454 e. The van der Waals surface area contributed by atoms with Crippen LogP contribution >= 0.6 is 11.8 Å². The molecule has 136 valence electrons. The van der Waals surface area contributed by atoms with Crippen molar-refractivity contribution in [3.63, 3.8) is 0 Å². The van der Waals surface area contributed by atoms with Gasteiger partial charge in [-0.3, -0.25) is 9.59 Å². The molecule has 8 heteroatoms. The van der Waals surface area contributed by atoms with Gasteiger partial charge in [0, 0.05) is 18.2 Å². The number of hydrogen-bond acceptors (Lipinski definition) is 7. The van der Waals surface area contributed by atoms with E-state index in [1.165, 1.54) is 18.7 Å². The molecule has 0 fully saturated rings. The van der Waals surface area contributed by atoms with Gasteiger partial charge in [0.1, 0.15) is 10.9 Å². The molecular formula is C18H19N3O4S. The van der Waals surface area contributed by atoms with Crippen LogP contribution in [-0.2, 0) is 11.2 Å². The first-order valence-corrected chi connectivity index (χ1v) is 9.17. The molecule has 1 aromatic carbocycles. The molecule has 0 radical (unpaired) electrons. The highest BCUT2D eigenvalue weighted by Crippen LogP contribution is 2.34. The van der Waals surface area contributed by atoms with Gasteiger partial charge in [0.25, 0.3) is 0 Å². The molecule has 1 amide bonds. The number of ketones is 1. The van der Waals surface area contributed by atoms with Gasteiger partial charge in [-0.25, -0.2) is 9.97 Å². The van der Waals surface area contributed by atoms with Crippen LogP contribution in [0.3, 0.4) is 0 Å². The van der Waals surface area contributed by atoms with Crippen LogP contribution in [0.25, 0.3) is 0 Å². The Hall–Kier alpha value is -2.61. The fourth-order valence-corrected chi connectivity index (χ4v) is 3.52. The molecule has 0 bridgehead atoms. The van der Waals surface area contributed by atoms with E-state index >= 15 is 0 Å². The highest BCUT2D eigenvalue weighted by molar-refractivity contribution is 8.00.